The van der Waals surface area contributed by atoms with Gasteiger partial charge in [0, 0.05) is 43.2 Å². The van der Waals surface area contributed by atoms with Crippen LogP contribution in [0.1, 0.15) is 35.3 Å². The van der Waals surface area contributed by atoms with E-state index in [9.17, 15) is 9.59 Å². The molecule has 0 unspecified atom stereocenters. The van der Waals surface area contributed by atoms with Crippen LogP contribution in [0.2, 0.25) is 0 Å². The molecule has 4 rings (SSSR count). The lowest BCUT2D eigenvalue weighted by Gasteiger charge is -2.17. The largest absolute Gasteiger partial charge is 0.494 e. The summed E-state index contributed by atoms with van der Waals surface area (Å²) in [5, 5.41) is 3.53. The zero-order valence-electron chi connectivity index (χ0n) is 18.3. The first kappa shape index (κ1) is 21.6. The second kappa shape index (κ2) is 9.68. The summed E-state index contributed by atoms with van der Waals surface area (Å²) in [5.74, 6) is 1.19. The third-order valence-corrected chi connectivity index (χ3v) is 5.65. The Kier molecular flexibility index (Phi) is 6.54. The van der Waals surface area contributed by atoms with Gasteiger partial charge >= 0.3 is 0 Å². The highest BCUT2D eigenvalue weighted by Crippen LogP contribution is 2.29. The molecule has 1 aliphatic rings. The van der Waals surface area contributed by atoms with E-state index >= 15 is 0 Å². The molecule has 0 radical (unpaired) electrons. The van der Waals surface area contributed by atoms with E-state index in [0.717, 1.165) is 23.0 Å². The SMILES string of the molecule is CCOc1cccc(OCC(=O)N2CC[C@H](c3cc(C(=O)NC)c4ccccc4n3)C2)c1. The van der Waals surface area contributed by atoms with E-state index in [1.165, 1.54) is 0 Å². The van der Waals surface area contributed by atoms with Gasteiger partial charge in [-0.15, -0.1) is 0 Å². The summed E-state index contributed by atoms with van der Waals surface area (Å²) in [6.45, 7) is 3.65. The predicted molar refractivity (Wildman–Crippen MR) is 122 cm³/mol. The van der Waals surface area contributed by atoms with Crippen LogP contribution in [0.4, 0.5) is 0 Å². The number of hydrogen-bond donors (Lipinski definition) is 1. The van der Waals surface area contributed by atoms with Crippen molar-refractivity contribution in [2.24, 2.45) is 0 Å². The third-order valence-electron chi connectivity index (χ3n) is 5.65. The first-order valence-electron chi connectivity index (χ1n) is 10.8. The topological polar surface area (TPSA) is 80.8 Å². The van der Waals surface area contributed by atoms with Gasteiger partial charge in [0.25, 0.3) is 11.8 Å². The first-order chi connectivity index (χ1) is 15.6. The number of carbonyl (C=O) groups is 2. The highest BCUT2D eigenvalue weighted by molar-refractivity contribution is 6.06. The van der Waals surface area contributed by atoms with Gasteiger partial charge in [-0.2, -0.15) is 0 Å². The number of hydrogen-bond acceptors (Lipinski definition) is 5. The van der Waals surface area contributed by atoms with Crippen molar-refractivity contribution < 1.29 is 19.1 Å². The molecular formula is C25H27N3O4. The minimum absolute atomic E-state index is 0.0308. The molecule has 2 amide bonds. The number of aromatic nitrogens is 1. The normalized spacial score (nSPS) is 15.6. The van der Waals surface area contributed by atoms with Gasteiger partial charge in [0.05, 0.1) is 17.7 Å². The van der Waals surface area contributed by atoms with Crippen molar-refractivity contribution in [3.63, 3.8) is 0 Å². The molecule has 1 N–H and O–H groups in total. The van der Waals surface area contributed by atoms with Crippen molar-refractivity contribution in [2.75, 3.05) is 33.4 Å². The van der Waals surface area contributed by atoms with E-state index in [4.69, 9.17) is 14.5 Å². The summed E-state index contributed by atoms with van der Waals surface area (Å²) in [5.41, 5.74) is 2.23. The second-order valence-electron chi connectivity index (χ2n) is 7.71. The van der Waals surface area contributed by atoms with E-state index in [1.807, 2.05) is 55.5 Å². The fraction of sp³-hybridized carbons (Fsp3) is 0.320. The molecule has 0 spiro atoms. The highest BCUT2D eigenvalue weighted by Gasteiger charge is 2.29. The lowest BCUT2D eigenvalue weighted by atomic mass is 9.99. The number of nitrogens with zero attached hydrogens (tertiary/aromatic N) is 2. The Labute approximate surface area is 187 Å². The predicted octanol–water partition coefficient (Wildman–Crippen LogP) is 3.39. The fourth-order valence-corrected chi connectivity index (χ4v) is 4.01. The quantitative estimate of drug-likeness (QED) is 0.618. The lowest BCUT2D eigenvalue weighted by molar-refractivity contribution is -0.132. The van der Waals surface area contributed by atoms with Gasteiger partial charge in [0.1, 0.15) is 11.5 Å². The molecule has 0 bridgehead atoms. The average Bonchev–Trinajstić information content (AvgIpc) is 3.32. The zero-order valence-corrected chi connectivity index (χ0v) is 18.3. The van der Waals surface area contributed by atoms with Gasteiger partial charge in [0.2, 0.25) is 0 Å². The molecule has 0 aliphatic carbocycles. The molecule has 7 nitrogen and oxygen atoms in total. The molecule has 1 fully saturated rings. The molecule has 32 heavy (non-hydrogen) atoms. The first-order valence-corrected chi connectivity index (χ1v) is 10.8. The number of nitrogens with one attached hydrogen (secondary N) is 1. The highest BCUT2D eigenvalue weighted by atomic mass is 16.5. The van der Waals surface area contributed by atoms with Gasteiger partial charge in [-0.25, -0.2) is 0 Å². The van der Waals surface area contributed by atoms with Gasteiger partial charge in [-0.3, -0.25) is 14.6 Å². The van der Waals surface area contributed by atoms with Crippen molar-refractivity contribution in [1.82, 2.24) is 15.2 Å². The summed E-state index contributed by atoms with van der Waals surface area (Å²) in [4.78, 5) is 31.7. The van der Waals surface area contributed by atoms with E-state index in [1.54, 1.807) is 18.0 Å². The van der Waals surface area contributed by atoms with Crippen LogP contribution in [0.25, 0.3) is 10.9 Å². The molecular weight excluding hydrogens is 406 g/mol. The number of para-hydroxylation sites is 1. The number of carbonyl (C=O) groups excluding carboxylic acids is 2. The molecule has 1 aliphatic heterocycles. The number of amides is 2. The van der Waals surface area contributed by atoms with Crippen LogP contribution < -0.4 is 14.8 Å². The number of fused-ring (bicyclic) bond motifs is 1. The van der Waals surface area contributed by atoms with Crippen LogP contribution in [-0.4, -0.2) is 55.0 Å². The average molecular weight is 434 g/mol. The Hall–Kier alpha value is -3.61. The standard InChI is InChI=1S/C25H27N3O4/c1-3-31-18-7-6-8-19(13-18)32-16-24(29)28-12-11-17(15-28)23-14-21(25(30)26-2)20-9-4-5-10-22(20)27-23/h4-10,13-14,17H,3,11-12,15-16H2,1-2H3,(H,26,30)/t17-/m0/s1. The van der Waals surface area contributed by atoms with E-state index in [2.05, 4.69) is 5.32 Å². The van der Waals surface area contributed by atoms with Crippen LogP contribution in [-0.2, 0) is 4.79 Å². The van der Waals surface area contributed by atoms with Crippen LogP contribution in [0, 0.1) is 0 Å². The monoisotopic (exact) mass is 433 g/mol. The Morgan fingerprint density at radius 3 is 2.66 bits per heavy atom. The molecule has 1 atom stereocenters. The van der Waals surface area contributed by atoms with Crippen LogP contribution in [0.15, 0.2) is 54.6 Å². The summed E-state index contributed by atoms with van der Waals surface area (Å²) < 4.78 is 11.2. The molecule has 0 saturated carbocycles. The molecule has 2 heterocycles. The van der Waals surface area contributed by atoms with Crippen LogP contribution in [0.3, 0.4) is 0 Å². The minimum Gasteiger partial charge on any atom is -0.494 e. The van der Waals surface area contributed by atoms with Crippen molar-refractivity contribution in [3.8, 4) is 11.5 Å². The van der Waals surface area contributed by atoms with E-state index in [-0.39, 0.29) is 24.3 Å². The van der Waals surface area contributed by atoms with Gasteiger partial charge < -0.3 is 19.7 Å². The Morgan fingerprint density at radius 2 is 1.88 bits per heavy atom. The van der Waals surface area contributed by atoms with Crippen LogP contribution in [0.5, 0.6) is 11.5 Å². The molecule has 166 valence electrons. The molecule has 7 heteroatoms. The van der Waals surface area contributed by atoms with Crippen LogP contribution >= 0.6 is 0 Å². The Balaban J connectivity index is 1.44. The minimum atomic E-state index is -0.140. The van der Waals surface area contributed by atoms with Gasteiger partial charge in [-0.05, 0) is 37.6 Å². The van der Waals surface area contributed by atoms with Crippen molar-refractivity contribution in [1.29, 1.82) is 0 Å². The van der Waals surface area contributed by atoms with E-state index < -0.39 is 0 Å². The Bertz CT molecular complexity index is 1130. The molecule has 2 aromatic carbocycles. The molecule has 1 aromatic heterocycles. The number of benzene rings is 2. The zero-order chi connectivity index (χ0) is 22.5. The summed E-state index contributed by atoms with van der Waals surface area (Å²) in [7, 11) is 1.62. The van der Waals surface area contributed by atoms with Gasteiger partial charge in [0.15, 0.2) is 6.61 Å². The van der Waals surface area contributed by atoms with E-state index in [0.29, 0.717) is 36.8 Å². The number of likely N-dealkylation sites (tertiary alicyclic amines) is 1. The lowest BCUT2D eigenvalue weighted by Crippen LogP contribution is -2.33. The molecule has 3 aromatic rings. The third kappa shape index (κ3) is 4.66. The summed E-state index contributed by atoms with van der Waals surface area (Å²) in [6, 6.07) is 16.8. The van der Waals surface area contributed by atoms with Crippen molar-refractivity contribution in [2.45, 2.75) is 19.3 Å². The summed E-state index contributed by atoms with van der Waals surface area (Å²) >= 11 is 0. The molecule has 1 saturated heterocycles. The van der Waals surface area contributed by atoms with Gasteiger partial charge in [-0.1, -0.05) is 24.3 Å². The number of rotatable bonds is 7. The maximum absolute atomic E-state index is 12.7. The van der Waals surface area contributed by atoms with Crippen molar-refractivity contribution in [3.05, 3.63) is 65.9 Å². The fourth-order valence-electron chi connectivity index (χ4n) is 4.01. The smallest absolute Gasteiger partial charge is 0.260 e. The summed E-state index contributed by atoms with van der Waals surface area (Å²) in [6.07, 6.45) is 0.796. The number of ether oxygens (including phenoxy) is 2. The maximum atomic E-state index is 12.7. The van der Waals surface area contributed by atoms with Crippen molar-refractivity contribution >= 4 is 22.7 Å². The second-order valence-corrected chi connectivity index (χ2v) is 7.71. The number of pyridine rings is 1. The Morgan fingerprint density at radius 1 is 1.09 bits per heavy atom. The maximum Gasteiger partial charge on any atom is 0.260 e.